The molecule has 0 aliphatic heterocycles. The van der Waals surface area contributed by atoms with E-state index in [1.54, 1.807) is 38.1 Å². The Morgan fingerprint density at radius 3 is 2.29 bits per heavy atom. The number of carbonyl (C=O) groups is 2. The largest absolute Gasteiger partial charge is 0.493 e. The van der Waals surface area contributed by atoms with Crippen molar-refractivity contribution in [3.8, 4) is 5.75 Å². The van der Waals surface area contributed by atoms with Crippen molar-refractivity contribution in [3.63, 3.8) is 0 Å². The normalized spacial score (nSPS) is 10.3. The maximum absolute atomic E-state index is 11.9. The van der Waals surface area contributed by atoms with Crippen molar-refractivity contribution in [2.24, 2.45) is 0 Å². The third-order valence-corrected chi connectivity index (χ3v) is 3.09. The van der Waals surface area contributed by atoms with Crippen molar-refractivity contribution in [1.29, 1.82) is 0 Å². The summed E-state index contributed by atoms with van der Waals surface area (Å²) in [6.45, 7) is 3.89. The zero-order chi connectivity index (χ0) is 17.4. The van der Waals surface area contributed by atoms with Crippen molar-refractivity contribution >= 4 is 17.6 Å². The summed E-state index contributed by atoms with van der Waals surface area (Å²) in [5, 5.41) is 2.76. The highest BCUT2D eigenvalue weighted by Crippen LogP contribution is 2.12. The van der Waals surface area contributed by atoms with Crippen LogP contribution in [0.2, 0.25) is 0 Å². The first-order chi connectivity index (χ1) is 11.5. The Hall–Kier alpha value is -2.82. The maximum Gasteiger partial charge on any atom is 0.338 e. The number of ether oxygens (including phenoxy) is 2. The van der Waals surface area contributed by atoms with Gasteiger partial charge in [0.1, 0.15) is 5.75 Å². The van der Waals surface area contributed by atoms with E-state index in [2.05, 4.69) is 5.32 Å². The van der Waals surface area contributed by atoms with Crippen LogP contribution in [0, 0.1) is 0 Å². The highest BCUT2D eigenvalue weighted by Gasteiger charge is 2.09. The standard InChI is InChI=1S/C19H21NO4/c1-14(2)24-19(22)15-8-10-16(11-9-15)20-18(21)12-13-23-17-6-4-3-5-7-17/h3-11,14H,12-13H2,1-2H3,(H,20,21). The number of hydrogen-bond acceptors (Lipinski definition) is 4. The Balaban J connectivity index is 1.78. The molecule has 0 heterocycles. The van der Waals surface area contributed by atoms with Crippen molar-refractivity contribution in [2.45, 2.75) is 26.4 Å². The molecule has 0 saturated carbocycles. The van der Waals surface area contributed by atoms with E-state index in [-0.39, 0.29) is 24.4 Å². The highest BCUT2D eigenvalue weighted by molar-refractivity contribution is 5.93. The monoisotopic (exact) mass is 327 g/mol. The molecule has 2 aromatic carbocycles. The zero-order valence-corrected chi connectivity index (χ0v) is 13.8. The Morgan fingerprint density at radius 1 is 1.00 bits per heavy atom. The number of carbonyl (C=O) groups excluding carboxylic acids is 2. The van der Waals surface area contributed by atoms with Crippen LogP contribution in [-0.2, 0) is 9.53 Å². The maximum atomic E-state index is 11.9. The molecule has 0 spiro atoms. The van der Waals surface area contributed by atoms with Gasteiger partial charge in [0.25, 0.3) is 0 Å². The van der Waals surface area contributed by atoms with Gasteiger partial charge in [0.2, 0.25) is 5.91 Å². The molecule has 0 unspecified atom stereocenters. The number of anilines is 1. The second-order valence-corrected chi connectivity index (χ2v) is 5.49. The molecule has 1 amide bonds. The molecule has 5 heteroatoms. The molecule has 24 heavy (non-hydrogen) atoms. The number of rotatable bonds is 7. The average Bonchev–Trinajstić information content (AvgIpc) is 2.56. The predicted molar refractivity (Wildman–Crippen MR) is 92.2 cm³/mol. The van der Waals surface area contributed by atoms with E-state index in [1.807, 2.05) is 30.3 Å². The van der Waals surface area contributed by atoms with E-state index >= 15 is 0 Å². The van der Waals surface area contributed by atoms with Gasteiger partial charge in [0, 0.05) is 5.69 Å². The average molecular weight is 327 g/mol. The minimum atomic E-state index is -0.376. The number of nitrogens with one attached hydrogen (secondary N) is 1. The van der Waals surface area contributed by atoms with Crippen LogP contribution in [0.15, 0.2) is 54.6 Å². The molecule has 0 bridgehead atoms. The molecule has 2 aromatic rings. The van der Waals surface area contributed by atoms with E-state index in [0.717, 1.165) is 5.75 Å². The second kappa shape index (κ2) is 8.72. The summed E-state index contributed by atoms with van der Waals surface area (Å²) >= 11 is 0. The van der Waals surface area contributed by atoms with Crippen molar-refractivity contribution in [2.75, 3.05) is 11.9 Å². The summed E-state index contributed by atoms with van der Waals surface area (Å²) in [7, 11) is 0. The molecule has 0 fully saturated rings. The molecule has 5 nitrogen and oxygen atoms in total. The van der Waals surface area contributed by atoms with Crippen molar-refractivity contribution in [1.82, 2.24) is 0 Å². The molecule has 0 saturated heterocycles. The van der Waals surface area contributed by atoms with Crippen LogP contribution in [0.5, 0.6) is 5.75 Å². The molecule has 0 radical (unpaired) electrons. The van der Waals surface area contributed by atoms with Crippen molar-refractivity contribution in [3.05, 3.63) is 60.2 Å². The summed E-state index contributed by atoms with van der Waals surface area (Å²) in [4.78, 5) is 23.6. The Bertz CT molecular complexity index is 666. The number of benzene rings is 2. The molecular weight excluding hydrogens is 306 g/mol. The van der Waals surface area contributed by atoms with Gasteiger partial charge in [-0.25, -0.2) is 4.79 Å². The Labute approximate surface area is 141 Å². The van der Waals surface area contributed by atoms with Crippen LogP contribution in [0.3, 0.4) is 0 Å². The molecule has 0 atom stereocenters. The summed E-state index contributed by atoms with van der Waals surface area (Å²) in [6.07, 6.45) is 0.0768. The van der Waals surface area contributed by atoms with Crippen LogP contribution in [0.25, 0.3) is 0 Å². The van der Waals surface area contributed by atoms with Crippen LogP contribution in [-0.4, -0.2) is 24.6 Å². The summed E-state index contributed by atoms with van der Waals surface area (Å²) in [5.41, 5.74) is 1.08. The third kappa shape index (κ3) is 5.76. The van der Waals surface area contributed by atoms with Crippen LogP contribution < -0.4 is 10.1 Å². The summed E-state index contributed by atoms with van der Waals surface area (Å²) in [6, 6.07) is 15.9. The minimum Gasteiger partial charge on any atom is -0.493 e. The quantitative estimate of drug-likeness (QED) is 0.788. The van der Waals surface area contributed by atoms with E-state index in [1.165, 1.54) is 0 Å². The fraction of sp³-hybridized carbons (Fsp3) is 0.263. The van der Waals surface area contributed by atoms with Gasteiger partial charge in [-0.2, -0.15) is 0 Å². The number of hydrogen-bond donors (Lipinski definition) is 1. The van der Waals surface area contributed by atoms with E-state index in [4.69, 9.17) is 9.47 Å². The zero-order valence-electron chi connectivity index (χ0n) is 13.8. The predicted octanol–water partition coefficient (Wildman–Crippen LogP) is 3.66. The molecule has 126 valence electrons. The second-order valence-electron chi connectivity index (χ2n) is 5.49. The first-order valence-corrected chi connectivity index (χ1v) is 7.83. The number of esters is 1. The molecular formula is C19H21NO4. The molecule has 1 N–H and O–H groups in total. The van der Waals surface area contributed by atoms with Gasteiger partial charge in [0.15, 0.2) is 0 Å². The molecule has 0 aliphatic carbocycles. The smallest absolute Gasteiger partial charge is 0.338 e. The van der Waals surface area contributed by atoms with Gasteiger partial charge in [-0.15, -0.1) is 0 Å². The van der Waals surface area contributed by atoms with Gasteiger partial charge in [-0.3, -0.25) is 4.79 Å². The van der Waals surface area contributed by atoms with Crippen LogP contribution in [0.4, 0.5) is 5.69 Å². The molecule has 2 rings (SSSR count). The van der Waals surface area contributed by atoms with Gasteiger partial charge < -0.3 is 14.8 Å². The number of amides is 1. The lowest BCUT2D eigenvalue weighted by atomic mass is 10.2. The Morgan fingerprint density at radius 2 is 1.67 bits per heavy atom. The fourth-order valence-corrected chi connectivity index (χ4v) is 1.97. The summed E-state index contributed by atoms with van der Waals surface area (Å²) in [5.74, 6) is 0.209. The Kier molecular flexibility index (Phi) is 6.37. The van der Waals surface area contributed by atoms with Gasteiger partial charge in [-0.05, 0) is 50.2 Å². The highest BCUT2D eigenvalue weighted by atomic mass is 16.5. The first-order valence-electron chi connectivity index (χ1n) is 7.83. The lowest BCUT2D eigenvalue weighted by molar-refractivity contribution is -0.116. The topological polar surface area (TPSA) is 64.6 Å². The lowest BCUT2D eigenvalue weighted by Gasteiger charge is -2.09. The van der Waals surface area contributed by atoms with Gasteiger partial charge in [0.05, 0.1) is 24.7 Å². The van der Waals surface area contributed by atoms with Crippen LogP contribution in [0.1, 0.15) is 30.6 Å². The SMILES string of the molecule is CC(C)OC(=O)c1ccc(NC(=O)CCOc2ccccc2)cc1. The minimum absolute atomic E-state index is 0.150. The molecule has 0 aromatic heterocycles. The molecule has 0 aliphatic rings. The number of para-hydroxylation sites is 1. The lowest BCUT2D eigenvalue weighted by Crippen LogP contribution is -2.15. The fourth-order valence-electron chi connectivity index (χ4n) is 1.97. The van der Waals surface area contributed by atoms with Gasteiger partial charge in [-0.1, -0.05) is 18.2 Å². The third-order valence-electron chi connectivity index (χ3n) is 3.09. The summed E-state index contributed by atoms with van der Waals surface area (Å²) < 4.78 is 10.6. The van der Waals surface area contributed by atoms with Crippen molar-refractivity contribution < 1.29 is 19.1 Å². The van der Waals surface area contributed by atoms with E-state index in [9.17, 15) is 9.59 Å². The van der Waals surface area contributed by atoms with E-state index in [0.29, 0.717) is 17.9 Å². The van der Waals surface area contributed by atoms with Gasteiger partial charge >= 0.3 is 5.97 Å². The van der Waals surface area contributed by atoms with E-state index < -0.39 is 0 Å². The first kappa shape index (κ1) is 17.5. The van der Waals surface area contributed by atoms with Crippen LogP contribution >= 0.6 is 0 Å².